The number of carbonyl (C=O) groups is 2. The van der Waals surface area contributed by atoms with E-state index in [4.69, 9.17) is 4.74 Å². The van der Waals surface area contributed by atoms with Crippen LogP contribution in [-0.4, -0.2) is 53.3 Å². The fourth-order valence-corrected chi connectivity index (χ4v) is 2.58. The van der Waals surface area contributed by atoms with Crippen molar-refractivity contribution in [2.24, 2.45) is 5.41 Å². The van der Waals surface area contributed by atoms with Gasteiger partial charge in [-0.2, -0.15) is 0 Å². The molecule has 2 amide bonds. The summed E-state index contributed by atoms with van der Waals surface area (Å²) in [5.41, 5.74) is -0.817. The molecule has 1 spiro atoms. The van der Waals surface area contributed by atoms with E-state index in [-0.39, 0.29) is 30.1 Å². The van der Waals surface area contributed by atoms with Gasteiger partial charge in [0, 0.05) is 24.9 Å². The van der Waals surface area contributed by atoms with Gasteiger partial charge in [0.05, 0.1) is 12.6 Å². The van der Waals surface area contributed by atoms with Crippen LogP contribution in [-0.2, 0) is 9.53 Å². The van der Waals surface area contributed by atoms with Crippen molar-refractivity contribution in [1.29, 1.82) is 0 Å². The van der Waals surface area contributed by atoms with Crippen LogP contribution in [0.15, 0.2) is 0 Å². The lowest BCUT2D eigenvalue weighted by molar-refractivity contribution is -0.120. The van der Waals surface area contributed by atoms with E-state index in [0.717, 1.165) is 0 Å². The minimum absolute atomic E-state index is 0.0575. The Hall–Kier alpha value is -1.30. The summed E-state index contributed by atoms with van der Waals surface area (Å²) in [5, 5.41) is 12.0. The van der Waals surface area contributed by atoms with Crippen LogP contribution in [0.25, 0.3) is 0 Å². The van der Waals surface area contributed by atoms with Gasteiger partial charge in [0.1, 0.15) is 5.60 Å². The van der Waals surface area contributed by atoms with Crippen LogP contribution in [0.3, 0.4) is 0 Å². The summed E-state index contributed by atoms with van der Waals surface area (Å²) in [6, 6.07) is -0.247. The largest absolute Gasteiger partial charge is 0.444 e. The maximum atomic E-state index is 11.8. The Morgan fingerprint density at radius 2 is 2.17 bits per heavy atom. The lowest BCUT2D eigenvalue weighted by atomic mass is 9.74. The highest BCUT2D eigenvalue weighted by Crippen LogP contribution is 2.41. The van der Waals surface area contributed by atoms with Gasteiger partial charge >= 0.3 is 6.09 Å². The molecule has 2 rings (SSSR count). The van der Waals surface area contributed by atoms with Gasteiger partial charge in [-0.05, 0) is 20.8 Å². The average Bonchev–Trinajstić information content (AvgIpc) is 2.49. The molecule has 2 heterocycles. The average molecular weight is 256 g/mol. The third kappa shape index (κ3) is 2.29. The summed E-state index contributed by atoms with van der Waals surface area (Å²) >= 11 is 0. The molecule has 1 unspecified atom stereocenters. The molecular weight excluding hydrogens is 236 g/mol. The molecule has 2 N–H and O–H groups in total. The summed E-state index contributed by atoms with van der Waals surface area (Å²) in [5.74, 6) is -0.0575. The zero-order valence-electron chi connectivity index (χ0n) is 11.0. The van der Waals surface area contributed by atoms with E-state index in [2.05, 4.69) is 5.32 Å². The van der Waals surface area contributed by atoms with Gasteiger partial charge in [0.25, 0.3) is 0 Å². The maximum absolute atomic E-state index is 11.8. The van der Waals surface area contributed by atoms with Gasteiger partial charge < -0.3 is 20.1 Å². The van der Waals surface area contributed by atoms with Gasteiger partial charge in [-0.25, -0.2) is 4.79 Å². The van der Waals surface area contributed by atoms with E-state index in [1.807, 2.05) is 20.8 Å². The second-order valence-electron chi connectivity index (χ2n) is 6.18. The van der Waals surface area contributed by atoms with Gasteiger partial charge in [-0.3, -0.25) is 4.79 Å². The molecule has 0 saturated carbocycles. The number of amides is 2. The first-order valence-corrected chi connectivity index (χ1v) is 6.14. The number of carbonyl (C=O) groups excluding carboxylic acids is 2. The summed E-state index contributed by atoms with van der Waals surface area (Å²) in [6.45, 7) is 6.29. The number of nitrogens with one attached hydrogen (secondary N) is 1. The van der Waals surface area contributed by atoms with E-state index < -0.39 is 5.60 Å². The second-order valence-corrected chi connectivity index (χ2v) is 6.18. The number of rotatable bonds is 1. The fourth-order valence-electron chi connectivity index (χ4n) is 2.58. The van der Waals surface area contributed by atoms with Crippen molar-refractivity contribution in [3.05, 3.63) is 0 Å². The van der Waals surface area contributed by atoms with E-state index in [1.165, 1.54) is 0 Å². The van der Waals surface area contributed by atoms with Crippen molar-refractivity contribution in [2.45, 2.75) is 38.8 Å². The number of hydrogen-bond donors (Lipinski definition) is 2. The molecule has 2 aliphatic heterocycles. The van der Waals surface area contributed by atoms with Crippen molar-refractivity contribution in [3.63, 3.8) is 0 Å². The first kappa shape index (κ1) is 13.1. The van der Waals surface area contributed by atoms with Crippen LogP contribution in [0.4, 0.5) is 4.79 Å². The lowest BCUT2D eigenvalue weighted by Gasteiger charge is -2.49. The fraction of sp³-hybridized carbons (Fsp3) is 0.833. The first-order valence-electron chi connectivity index (χ1n) is 6.14. The predicted octanol–water partition coefficient (Wildman–Crippen LogP) is 0.104. The molecule has 18 heavy (non-hydrogen) atoms. The Morgan fingerprint density at radius 1 is 1.56 bits per heavy atom. The lowest BCUT2D eigenvalue weighted by Crippen LogP contribution is -2.64. The summed E-state index contributed by atoms with van der Waals surface area (Å²) in [6.07, 6.45) is 0.0153. The Bertz CT molecular complexity index is 369. The first-order chi connectivity index (χ1) is 8.26. The highest BCUT2D eigenvalue weighted by atomic mass is 16.6. The van der Waals surface area contributed by atoms with E-state index in [1.54, 1.807) is 4.90 Å². The van der Waals surface area contributed by atoms with Gasteiger partial charge in [-0.15, -0.1) is 0 Å². The SMILES string of the molecule is CC(C)(C)OC(=O)N1CC2(CC(=O)NC2CO)C1. The van der Waals surface area contributed by atoms with Gasteiger partial charge in [0.2, 0.25) is 5.91 Å². The smallest absolute Gasteiger partial charge is 0.410 e. The highest BCUT2D eigenvalue weighted by molar-refractivity contribution is 5.81. The van der Waals surface area contributed by atoms with Crippen LogP contribution in [0.5, 0.6) is 0 Å². The van der Waals surface area contributed by atoms with Crippen molar-refractivity contribution >= 4 is 12.0 Å². The summed E-state index contributed by atoms with van der Waals surface area (Å²) in [7, 11) is 0. The molecule has 2 saturated heterocycles. The molecule has 0 bridgehead atoms. The van der Waals surface area contributed by atoms with Crippen LogP contribution in [0.2, 0.25) is 0 Å². The standard InChI is InChI=1S/C12H20N2O4/c1-11(2,3)18-10(17)14-6-12(7-14)4-9(16)13-8(12)5-15/h8,15H,4-7H2,1-3H3,(H,13,16). The van der Waals surface area contributed by atoms with E-state index in [9.17, 15) is 14.7 Å². The van der Waals surface area contributed by atoms with Crippen molar-refractivity contribution in [2.75, 3.05) is 19.7 Å². The summed E-state index contributed by atoms with van der Waals surface area (Å²) < 4.78 is 5.26. The minimum Gasteiger partial charge on any atom is -0.444 e. The monoisotopic (exact) mass is 256 g/mol. The number of aliphatic hydroxyl groups excluding tert-OH is 1. The van der Waals surface area contributed by atoms with Crippen molar-refractivity contribution in [3.8, 4) is 0 Å². The topological polar surface area (TPSA) is 78.9 Å². The van der Waals surface area contributed by atoms with Crippen molar-refractivity contribution in [1.82, 2.24) is 10.2 Å². The molecule has 0 aromatic heterocycles. The molecule has 2 fully saturated rings. The Morgan fingerprint density at radius 3 is 2.67 bits per heavy atom. The molecule has 0 aromatic rings. The van der Waals surface area contributed by atoms with Gasteiger partial charge in [-0.1, -0.05) is 0 Å². The number of aliphatic hydroxyl groups is 1. The number of likely N-dealkylation sites (tertiary alicyclic amines) is 1. The predicted molar refractivity (Wildman–Crippen MR) is 63.9 cm³/mol. The Labute approximate surface area is 106 Å². The molecule has 2 aliphatic rings. The third-order valence-electron chi connectivity index (χ3n) is 3.43. The van der Waals surface area contributed by atoms with Gasteiger partial charge in [0.15, 0.2) is 0 Å². The Kier molecular flexibility index (Phi) is 3.01. The highest BCUT2D eigenvalue weighted by Gasteiger charge is 2.56. The molecule has 6 heteroatoms. The zero-order valence-corrected chi connectivity index (χ0v) is 11.0. The second kappa shape index (κ2) is 4.12. The number of nitrogens with zero attached hydrogens (tertiary/aromatic N) is 1. The molecular formula is C12H20N2O4. The molecule has 0 aromatic carbocycles. The molecule has 6 nitrogen and oxygen atoms in total. The van der Waals surface area contributed by atoms with Crippen LogP contribution < -0.4 is 5.32 Å². The van der Waals surface area contributed by atoms with Crippen LogP contribution in [0.1, 0.15) is 27.2 Å². The minimum atomic E-state index is -0.514. The number of hydrogen-bond acceptors (Lipinski definition) is 4. The van der Waals surface area contributed by atoms with E-state index in [0.29, 0.717) is 19.5 Å². The zero-order chi connectivity index (χ0) is 13.6. The third-order valence-corrected chi connectivity index (χ3v) is 3.43. The maximum Gasteiger partial charge on any atom is 0.410 e. The molecule has 0 radical (unpaired) electrons. The quantitative estimate of drug-likeness (QED) is 0.697. The van der Waals surface area contributed by atoms with Crippen LogP contribution in [0, 0.1) is 5.41 Å². The molecule has 102 valence electrons. The van der Waals surface area contributed by atoms with Crippen molar-refractivity contribution < 1.29 is 19.4 Å². The molecule has 1 atom stereocenters. The Balaban J connectivity index is 1.93. The number of ether oxygens (including phenoxy) is 1. The summed E-state index contributed by atoms with van der Waals surface area (Å²) in [4.78, 5) is 24.7. The van der Waals surface area contributed by atoms with E-state index >= 15 is 0 Å². The van der Waals surface area contributed by atoms with Crippen LogP contribution >= 0.6 is 0 Å². The normalized spacial score (nSPS) is 25.9. The molecule has 0 aliphatic carbocycles.